The molecule has 244 valence electrons. The highest BCUT2D eigenvalue weighted by Crippen LogP contribution is 2.43. The van der Waals surface area contributed by atoms with Gasteiger partial charge in [0.25, 0.3) is 0 Å². The van der Waals surface area contributed by atoms with Gasteiger partial charge in [-0.1, -0.05) is 103 Å². The van der Waals surface area contributed by atoms with Gasteiger partial charge >= 0.3 is 0 Å². The smallest absolute Gasteiger partial charge is 0.143 e. The van der Waals surface area contributed by atoms with Gasteiger partial charge in [-0.05, 0) is 77.9 Å². The SMILES string of the molecule is c1ccc(N(c2ccccc2)c2ccc3c(c2)oc2ccc(-c4cccc5c4oc4c(-c6ccc7c(c6)oc6ccccc67)cccc45)cc23)cc1. The Morgan fingerprint density at radius 3 is 1.52 bits per heavy atom. The van der Waals surface area contributed by atoms with E-state index < -0.39 is 0 Å². The van der Waals surface area contributed by atoms with Crippen LogP contribution in [0.25, 0.3) is 88.1 Å². The minimum atomic E-state index is 0.842. The van der Waals surface area contributed by atoms with Crippen LogP contribution in [0.1, 0.15) is 0 Å². The molecule has 0 bridgehead atoms. The molecule has 11 rings (SSSR count). The van der Waals surface area contributed by atoms with Crippen LogP contribution < -0.4 is 4.90 Å². The Morgan fingerprint density at radius 2 is 0.808 bits per heavy atom. The Morgan fingerprint density at radius 1 is 0.288 bits per heavy atom. The molecule has 0 amide bonds. The number of fused-ring (bicyclic) bond motifs is 9. The molecule has 0 saturated carbocycles. The number of furan rings is 3. The minimum absolute atomic E-state index is 0.842. The zero-order valence-electron chi connectivity index (χ0n) is 27.9. The summed E-state index contributed by atoms with van der Waals surface area (Å²) in [4.78, 5) is 2.25. The second-order valence-electron chi connectivity index (χ2n) is 13.3. The number of anilines is 3. The summed E-state index contributed by atoms with van der Waals surface area (Å²) in [6.07, 6.45) is 0. The minimum Gasteiger partial charge on any atom is -0.456 e. The molecule has 52 heavy (non-hydrogen) atoms. The molecule has 3 aromatic heterocycles. The molecule has 0 unspecified atom stereocenters. The van der Waals surface area contributed by atoms with E-state index in [9.17, 15) is 0 Å². The molecule has 0 atom stereocenters. The molecule has 3 heterocycles. The Kier molecular flexibility index (Phi) is 6.22. The van der Waals surface area contributed by atoms with Crippen LogP contribution in [0.3, 0.4) is 0 Å². The van der Waals surface area contributed by atoms with Crippen LogP contribution in [0, 0.1) is 0 Å². The highest BCUT2D eigenvalue weighted by Gasteiger charge is 2.19. The second-order valence-corrected chi connectivity index (χ2v) is 13.3. The number of rotatable bonds is 5. The molecule has 0 aliphatic carbocycles. The molecule has 0 radical (unpaired) electrons. The quantitative estimate of drug-likeness (QED) is 0.183. The zero-order valence-corrected chi connectivity index (χ0v) is 27.9. The lowest BCUT2D eigenvalue weighted by Crippen LogP contribution is -2.09. The predicted molar refractivity (Wildman–Crippen MR) is 214 cm³/mol. The highest BCUT2D eigenvalue weighted by molar-refractivity contribution is 6.15. The largest absolute Gasteiger partial charge is 0.456 e. The molecule has 0 aliphatic heterocycles. The van der Waals surface area contributed by atoms with Crippen molar-refractivity contribution in [1.29, 1.82) is 0 Å². The maximum absolute atomic E-state index is 6.84. The summed E-state index contributed by atoms with van der Waals surface area (Å²) < 4.78 is 19.6. The van der Waals surface area contributed by atoms with Crippen molar-refractivity contribution < 1.29 is 13.3 Å². The van der Waals surface area contributed by atoms with E-state index >= 15 is 0 Å². The first-order chi connectivity index (χ1) is 25.8. The number of hydrogen-bond donors (Lipinski definition) is 0. The molecule has 4 heteroatoms. The summed E-state index contributed by atoms with van der Waals surface area (Å²) in [5.74, 6) is 0. The van der Waals surface area contributed by atoms with Crippen molar-refractivity contribution in [3.63, 3.8) is 0 Å². The van der Waals surface area contributed by atoms with Gasteiger partial charge in [0.15, 0.2) is 0 Å². The van der Waals surface area contributed by atoms with Gasteiger partial charge in [0, 0.05) is 66.6 Å². The van der Waals surface area contributed by atoms with Gasteiger partial charge in [-0.15, -0.1) is 0 Å². The van der Waals surface area contributed by atoms with Crippen LogP contribution >= 0.6 is 0 Å². The molecule has 0 fully saturated rings. The van der Waals surface area contributed by atoms with Gasteiger partial charge < -0.3 is 18.2 Å². The van der Waals surface area contributed by atoms with Crippen molar-refractivity contribution >= 4 is 82.9 Å². The van der Waals surface area contributed by atoms with Gasteiger partial charge in [-0.25, -0.2) is 0 Å². The zero-order chi connectivity index (χ0) is 34.2. The van der Waals surface area contributed by atoms with Gasteiger partial charge in [0.05, 0.1) is 0 Å². The molecule has 4 nitrogen and oxygen atoms in total. The summed E-state index contributed by atoms with van der Waals surface area (Å²) in [6, 6.07) is 61.2. The van der Waals surface area contributed by atoms with Gasteiger partial charge in [-0.2, -0.15) is 0 Å². The molecular formula is C48H29NO3. The number of hydrogen-bond acceptors (Lipinski definition) is 4. The fraction of sp³-hybridized carbons (Fsp3) is 0. The second kappa shape index (κ2) is 11.2. The van der Waals surface area contributed by atoms with Crippen LogP contribution in [-0.4, -0.2) is 0 Å². The molecule has 0 spiro atoms. The predicted octanol–water partition coefficient (Wildman–Crippen LogP) is 14.2. The Hall–Kier alpha value is -7.04. The van der Waals surface area contributed by atoms with Gasteiger partial charge in [0.2, 0.25) is 0 Å². The fourth-order valence-corrected chi connectivity index (χ4v) is 7.84. The van der Waals surface area contributed by atoms with E-state index in [0.717, 1.165) is 105 Å². The average Bonchev–Trinajstić information content (AvgIpc) is 3.89. The highest BCUT2D eigenvalue weighted by atomic mass is 16.3. The van der Waals surface area contributed by atoms with Gasteiger partial charge in [0.1, 0.15) is 33.5 Å². The Labute approximate surface area is 298 Å². The van der Waals surface area contributed by atoms with E-state index in [1.807, 2.05) is 30.3 Å². The van der Waals surface area contributed by atoms with Crippen molar-refractivity contribution in [2.75, 3.05) is 4.90 Å². The van der Waals surface area contributed by atoms with Crippen molar-refractivity contribution in [2.24, 2.45) is 0 Å². The monoisotopic (exact) mass is 667 g/mol. The van der Waals surface area contributed by atoms with Crippen LogP contribution in [0.4, 0.5) is 17.1 Å². The third-order valence-corrected chi connectivity index (χ3v) is 10.3. The van der Waals surface area contributed by atoms with E-state index in [1.165, 1.54) is 0 Å². The van der Waals surface area contributed by atoms with E-state index in [4.69, 9.17) is 13.3 Å². The number of benzene rings is 8. The third-order valence-electron chi connectivity index (χ3n) is 10.3. The van der Waals surface area contributed by atoms with Crippen molar-refractivity contribution in [2.45, 2.75) is 0 Å². The summed E-state index contributed by atoms with van der Waals surface area (Å²) in [7, 11) is 0. The van der Waals surface area contributed by atoms with Crippen LogP contribution in [0.2, 0.25) is 0 Å². The van der Waals surface area contributed by atoms with E-state index in [2.05, 4.69) is 150 Å². The first-order valence-electron chi connectivity index (χ1n) is 17.5. The number of para-hydroxylation sites is 5. The van der Waals surface area contributed by atoms with Crippen LogP contribution in [0.5, 0.6) is 0 Å². The van der Waals surface area contributed by atoms with Crippen molar-refractivity contribution in [1.82, 2.24) is 0 Å². The van der Waals surface area contributed by atoms with Crippen molar-refractivity contribution in [3.05, 3.63) is 176 Å². The van der Waals surface area contributed by atoms with Crippen LogP contribution in [0.15, 0.2) is 189 Å². The average molecular weight is 668 g/mol. The molecule has 8 aromatic carbocycles. The Bertz CT molecular complexity index is 3090. The van der Waals surface area contributed by atoms with E-state index in [-0.39, 0.29) is 0 Å². The number of nitrogens with zero attached hydrogens (tertiary/aromatic N) is 1. The van der Waals surface area contributed by atoms with Crippen molar-refractivity contribution in [3.8, 4) is 22.3 Å². The van der Waals surface area contributed by atoms with Crippen LogP contribution in [-0.2, 0) is 0 Å². The fourth-order valence-electron chi connectivity index (χ4n) is 7.84. The first kappa shape index (κ1) is 28.8. The lowest BCUT2D eigenvalue weighted by molar-refractivity contribution is 0.667. The topological polar surface area (TPSA) is 42.7 Å². The third kappa shape index (κ3) is 4.41. The Balaban J connectivity index is 1.03. The lowest BCUT2D eigenvalue weighted by Gasteiger charge is -2.25. The summed E-state index contributed by atoms with van der Waals surface area (Å²) in [6.45, 7) is 0. The van der Waals surface area contributed by atoms with E-state index in [1.54, 1.807) is 0 Å². The molecule has 0 N–H and O–H groups in total. The normalized spacial score (nSPS) is 11.8. The van der Waals surface area contributed by atoms with E-state index in [0.29, 0.717) is 0 Å². The standard InChI is InChI=1S/C48H29NO3/c1-3-11-32(12-4-1)49(33-13-5-2-6-14-33)34-23-25-39-42-27-30(22-26-44(42)51-46(39)29-34)35-16-9-18-40-41-19-10-17-36(48(41)52-47(35)40)31-21-24-38-37-15-7-8-20-43(37)50-45(38)28-31/h1-29H. The molecule has 0 aliphatic rings. The van der Waals surface area contributed by atoms with Gasteiger partial charge in [-0.3, -0.25) is 0 Å². The molecule has 0 saturated heterocycles. The summed E-state index contributed by atoms with van der Waals surface area (Å²) >= 11 is 0. The lowest BCUT2D eigenvalue weighted by atomic mass is 9.99. The summed E-state index contributed by atoms with van der Waals surface area (Å²) in [5, 5.41) is 6.55. The first-order valence-corrected chi connectivity index (χ1v) is 17.5. The maximum Gasteiger partial charge on any atom is 0.143 e. The summed E-state index contributed by atoms with van der Waals surface area (Å²) in [5.41, 5.74) is 12.6. The molecular weight excluding hydrogens is 639 g/mol. The molecule has 11 aromatic rings. The maximum atomic E-state index is 6.84.